The van der Waals surface area contributed by atoms with Crippen molar-refractivity contribution in [1.29, 1.82) is 0 Å². The van der Waals surface area contributed by atoms with Crippen LogP contribution in [0.4, 0.5) is 5.69 Å². The molecule has 1 heterocycles. The minimum Gasteiger partial charge on any atom is -0.445 e. The minimum atomic E-state index is -0.0346. The van der Waals surface area contributed by atoms with Crippen LogP contribution in [-0.2, 0) is 4.79 Å². The van der Waals surface area contributed by atoms with Crippen LogP contribution in [0, 0.1) is 6.92 Å². The number of amides is 1. The van der Waals surface area contributed by atoms with E-state index in [4.69, 9.17) is 10.2 Å². The average molecular weight is 259 g/mol. The molecule has 100 valence electrons. The molecule has 0 fully saturated rings. The molecule has 0 radical (unpaired) electrons. The van der Waals surface area contributed by atoms with Crippen molar-refractivity contribution in [3.8, 4) is 11.5 Å². The van der Waals surface area contributed by atoms with E-state index in [0.29, 0.717) is 25.3 Å². The number of hydrogen-bond acceptors (Lipinski definition) is 4. The largest absolute Gasteiger partial charge is 0.445 e. The van der Waals surface area contributed by atoms with Gasteiger partial charge in [0.15, 0.2) is 0 Å². The maximum atomic E-state index is 11.6. The summed E-state index contributed by atoms with van der Waals surface area (Å²) in [5.41, 5.74) is 8.03. The second kappa shape index (κ2) is 6.15. The Kier molecular flexibility index (Phi) is 4.30. The first-order valence-corrected chi connectivity index (χ1v) is 6.21. The lowest BCUT2D eigenvalue weighted by molar-refractivity contribution is -0.116. The summed E-state index contributed by atoms with van der Waals surface area (Å²) in [5, 5.41) is 2.84. The first-order valence-electron chi connectivity index (χ1n) is 6.21. The van der Waals surface area contributed by atoms with Crippen molar-refractivity contribution in [1.82, 2.24) is 4.98 Å². The number of benzene rings is 1. The molecule has 0 aliphatic heterocycles. The molecule has 0 unspecified atom stereocenters. The lowest BCUT2D eigenvalue weighted by Crippen LogP contribution is -2.13. The molecule has 0 saturated carbocycles. The number of anilines is 1. The number of aromatic nitrogens is 1. The van der Waals surface area contributed by atoms with Crippen LogP contribution in [0.1, 0.15) is 18.4 Å². The third-order valence-electron chi connectivity index (χ3n) is 2.79. The Hall–Kier alpha value is -2.14. The second-order valence-electron chi connectivity index (χ2n) is 4.31. The van der Waals surface area contributed by atoms with E-state index in [2.05, 4.69) is 10.3 Å². The first-order chi connectivity index (χ1) is 9.20. The van der Waals surface area contributed by atoms with E-state index in [0.717, 1.165) is 16.8 Å². The summed E-state index contributed by atoms with van der Waals surface area (Å²) in [6.45, 7) is 2.49. The van der Waals surface area contributed by atoms with Crippen LogP contribution in [-0.4, -0.2) is 17.4 Å². The molecule has 2 rings (SSSR count). The highest BCUT2D eigenvalue weighted by Crippen LogP contribution is 2.25. The van der Waals surface area contributed by atoms with E-state index < -0.39 is 0 Å². The lowest BCUT2D eigenvalue weighted by Gasteiger charge is -2.08. The van der Waals surface area contributed by atoms with Crippen molar-refractivity contribution in [3.63, 3.8) is 0 Å². The van der Waals surface area contributed by atoms with Gasteiger partial charge in [-0.2, -0.15) is 0 Å². The average Bonchev–Trinajstić information content (AvgIpc) is 2.92. The molecule has 19 heavy (non-hydrogen) atoms. The zero-order valence-electron chi connectivity index (χ0n) is 10.8. The second-order valence-corrected chi connectivity index (χ2v) is 4.31. The van der Waals surface area contributed by atoms with Crippen molar-refractivity contribution < 1.29 is 9.21 Å². The Labute approximate surface area is 111 Å². The van der Waals surface area contributed by atoms with Gasteiger partial charge in [-0.25, -0.2) is 4.98 Å². The Bertz CT molecular complexity index is 550. The van der Waals surface area contributed by atoms with Gasteiger partial charge >= 0.3 is 0 Å². The van der Waals surface area contributed by atoms with E-state index in [1.165, 1.54) is 6.26 Å². The number of oxazole rings is 1. The molecule has 2 aromatic rings. The zero-order valence-corrected chi connectivity index (χ0v) is 10.8. The van der Waals surface area contributed by atoms with Crippen molar-refractivity contribution in [2.24, 2.45) is 5.73 Å². The molecule has 0 aliphatic carbocycles. The molecule has 1 amide bonds. The number of aryl methyl sites for hydroxylation is 1. The van der Waals surface area contributed by atoms with E-state index >= 15 is 0 Å². The van der Waals surface area contributed by atoms with Gasteiger partial charge in [0.05, 0.1) is 6.20 Å². The Balaban J connectivity index is 2.15. The van der Waals surface area contributed by atoms with Gasteiger partial charge in [-0.3, -0.25) is 4.79 Å². The normalized spacial score (nSPS) is 10.4. The van der Waals surface area contributed by atoms with E-state index in [9.17, 15) is 4.79 Å². The standard InChI is InChI=1S/C14H17N3O2/c1-10-4-5-11(17-13(18)3-2-6-15)9-12(10)14-16-7-8-19-14/h4-5,7-9H,2-3,6,15H2,1H3,(H,17,18). The SMILES string of the molecule is Cc1ccc(NC(=O)CCCN)cc1-c1ncco1. The summed E-state index contributed by atoms with van der Waals surface area (Å²) in [6.07, 6.45) is 4.24. The lowest BCUT2D eigenvalue weighted by atomic mass is 10.1. The van der Waals surface area contributed by atoms with E-state index in [-0.39, 0.29) is 5.91 Å². The number of rotatable bonds is 5. The van der Waals surface area contributed by atoms with E-state index in [1.807, 2.05) is 25.1 Å². The van der Waals surface area contributed by atoms with Crippen LogP contribution >= 0.6 is 0 Å². The maximum Gasteiger partial charge on any atom is 0.226 e. The monoisotopic (exact) mass is 259 g/mol. The Morgan fingerprint density at radius 1 is 1.47 bits per heavy atom. The zero-order chi connectivity index (χ0) is 13.7. The van der Waals surface area contributed by atoms with Crippen molar-refractivity contribution >= 4 is 11.6 Å². The van der Waals surface area contributed by atoms with Crippen LogP contribution in [0.5, 0.6) is 0 Å². The van der Waals surface area contributed by atoms with Crippen molar-refractivity contribution in [2.45, 2.75) is 19.8 Å². The molecule has 0 atom stereocenters. The highest BCUT2D eigenvalue weighted by atomic mass is 16.3. The van der Waals surface area contributed by atoms with Gasteiger partial charge in [-0.05, 0) is 37.6 Å². The number of hydrogen-bond donors (Lipinski definition) is 2. The molecule has 0 saturated heterocycles. The molecular formula is C14H17N3O2. The van der Waals surface area contributed by atoms with Gasteiger partial charge in [0.25, 0.3) is 0 Å². The predicted octanol–water partition coefficient (Wildman–Crippen LogP) is 2.33. The highest BCUT2D eigenvalue weighted by molar-refractivity contribution is 5.91. The molecule has 0 spiro atoms. The topological polar surface area (TPSA) is 81.2 Å². The fraction of sp³-hybridized carbons (Fsp3) is 0.286. The van der Waals surface area contributed by atoms with Gasteiger partial charge in [-0.15, -0.1) is 0 Å². The predicted molar refractivity (Wildman–Crippen MR) is 73.6 cm³/mol. The number of carbonyl (C=O) groups is 1. The van der Waals surface area contributed by atoms with Crippen molar-refractivity contribution in [3.05, 3.63) is 36.2 Å². The molecular weight excluding hydrogens is 242 g/mol. The summed E-state index contributed by atoms with van der Waals surface area (Å²) in [4.78, 5) is 15.8. The Morgan fingerprint density at radius 2 is 2.32 bits per heavy atom. The quantitative estimate of drug-likeness (QED) is 0.863. The van der Waals surface area contributed by atoms with Gasteiger partial charge in [-0.1, -0.05) is 6.07 Å². The molecule has 5 heteroatoms. The third-order valence-corrected chi connectivity index (χ3v) is 2.79. The summed E-state index contributed by atoms with van der Waals surface area (Å²) in [7, 11) is 0. The highest BCUT2D eigenvalue weighted by Gasteiger charge is 2.09. The smallest absolute Gasteiger partial charge is 0.226 e. The maximum absolute atomic E-state index is 11.6. The molecule has 0 aliphatic rings. The first kappa shape index (κ1) is 13.3. The summed E-state index contributed by atoms with van der Waals surface area (Å²) >= 11 is 0. The van der Waals surface area contributed by atoms with E-state index in [1.54, 1.807) is 6.20 Å². The summed E-state index contributed by atoms with van der Waals surface area (Å²) in [5.74, 6) is 0.517. The molecule has 1 aromatic carbocycles. The van der Waals surface area contributed by atoms with Gasteiger partial charge < -0.3 is 15.5 Å². The fourth-order valence-electron chi connectivity index (χ4n) is 1.77. The molecule has 1 aromatic heterocycles. The summed E-state index contributed by atoms with van der Waals surface area (Å²) < 4.78 is 5.28. The third kappa shape index (κ3) is 3.42. The van der Waals surface area contributed by atoms with Crippen LogP contribution in [0.2, 0.25) is 0 Å². The summed E-state index contributed by atoms with van der Waals surface area (Å²) in [6, 6.07) is 5.65. The fourth-order valence-corrected chi connectivity index (χ4v) is 1.77. The van der Waals surface area contributed by atoms with Gasteiger partial charge in [0.1, 0.15) is 6.26 Å². The van der Waals surface area contributed by atoms with Crippen LogP contribution in [0.15, 0.2) is 35.1 Å². The van der Waals surface area contributed by atoms with Crippen LogP contribution in [0.25, 0.3) is 11.5 Å². The number of carbonyl (C=O) groups excluding carboxylic acids is 1. The van der Waals surface area contributed by atoms with Gasteiger partial charge in [0, 0.05) is 17.7 Å². The van der Waals surface area contributed by atoms with Crippen LogP contribution in [0.3, 0.4) is 0 Å². The number of nitrogens with two attached hydrogens (primary N) is 1. The number of nitrogens with one attached hydrogen (secondary N) is 1. The van der Waals surface area contributed by atoms with Crippen molar-refractivity contribution in [2.75, 3.05) is 11.9 Å². The molecule has 5 nitrogen and oxygen atoms in total. The minimum absolute atomic E-state index is 0.0346. The Morgan fingerprint density at radius 3 is 3.00 bits per heavy atom. The number of nitrogens with zero attached hydrogens (tertiary/aromatic N) is 1. The molecule has 0 bridgehead atoms. The van der Waals surface area contributed by atoms with Gasteiger partial charge in [0.2, 0.25) is 11.8 Å². The van der Waals surface area contributed by atoms with Crippen LogP contribution < -0.4 is 11.1 Å². The molecule has 3 N–H and O–H groups in total.